The molecule has 22 heavy (non-hydrogen) atoms. The maximum atomic E-state index is 3.61. The fourth-order valence-corrected chi connectivity index (χ4v) is 2.89. The van der Waals surface area contributed by atoms with Gasteiger partial charge in [0.1, 0.15) is 0 Å². The summed E-state index contributed by atoms with van der Waals surface area (Å²) in [6, 6.07) is 16.7. The van der Waals surface area contributed by atoms with Gasteiger partial charge < -0.3 is 6.42 Å². The van der Waals surface area contributed by atoms with E-state index in [1.165, 1.54) is 33.4 Å². The summed E-state index contributed by atoms with van der Waals surface area (Å²) in [5, 5.41) is 0. The summed E-state index contributed by atoms with van der Waals surface area (Å²) in [5.74, 6) is 0. The van der Waals surface area contributed by atoms with Crippen LogP contribution in [0.3, 0.4) is 0 Å². The monoisotopic (exact) mass is 452 g/mol. The van der Waals surface area contributed by atoms with E-state index < -0.39 is 0 Å². The van der Waals surface area contributed by atoms with Crippen LogP contribution < -0.4 is 0 Å². The van der Waals surface area contributed by atoms with Crippen molar-refractivity contribution < 1.29 is 25.8 Å². The Labute approximate surface area is 152 Å². The SMILES string of the molecule is C[CH-]C.[Hf+4].[c-]1c(C2=CC=CC2)ccc2c1Cc1ccccc1-2. The molecule has 0 spiro atoms. The van der Waals surface area contributed by atoms with Gasteiger partial charge in [0.15, 0.2) is 0 Å². The van der Waals surface area contributed by atoms with E-state index in [4.69, 9.17) is 0 Å². The van der Waals surface area contributed by atoms with Crippen molar-refractivity contribution >= 4 is 5.57 Å². The third-order valence-corrected chi connectivity index (χ3v) is 3.82. The van der Waals surface area contributed by atoms with E-state index in [0.717, 1.165) is 12.8 Å². The molecule has 0 heterocycles. The van der Waals surface area contributed by atoms with E-state index in [2.05, 4.69) is 60.7 Å². The van der Waals surface area contributed by atoms with Crippen LogP contribution >= 0.6 is 0 Å². The summed E-state index contributed by atoms with van der Waals surface area (Å²) in [6.07, 6.45) is 10.6. The van der Waals surface area contributed by atoms with Gasteiger partial charge in [-0.1, -0.05) is 47.5 Å². The van der Waals surface area contributed by atoms with Gasteiger partial charge in [-0.2, -0.15) is 13.8 Å². The molecule has 2 aliphatic carbocycles. The fourth-order valence-electron chi connectivity index (χ4n) is 2.89. The molecule has 4 rings (SSSR count). The van der Waals surface area contributed by atoms with Gasteiger partial charge in [0, 0.05) is 0 Å². The minimum Gasteiger partial charge on any atom is -0.335 e. The Hall–Kier alpha value is -1.21. The zero-order chi connectivity index (χ0) is 14.7. The molecule has 2 aromatic rings. The van der Waals surface area contributed by atoms with E-state index in [0.29, 0.717) is 0 Å². The molecular formula is C21H20Hf+2. The van der Waals surface area contributed by atoms with E-state index >= 15 is 0 Å². The first-order chi connectivity index (χ1) is 10.3. The van der Waals surface area contributed by atoms with E-state index in [1.807, 2.05) is 20.3 Å². The maximum absolute atomic E-state index is 3.61. The molecule has 0 saturated carbocycles. The average molecular weight is 451 g/mol. The summed E-state index contributed by atoms with van der Waals surface area (Å²) in [4.78, 5) is 0. The molecule has 0 bridgehead atoms. The van der Waals surface area contributed by atoms with Gasteiger partial charge in [-0.3, -0.25) is 0 Å². The normalized spacial score (nSPS) is 13.5. The van der Waals surface area contributed by atoms with Crippen molar-refractivity contribution in [1.29, 1.82) is 0 Å². The third-order valence-electron chi connectivity index (χ3n) is 3.82. The molecule has 0 unspecified atom stereocenters. The Kier molecular flexibility index (Phi) is 6.14. The van der Waals surface area contributed by atoms with E-state index in [-0.39, 0.29) is 25.8 Å². The minimum atomic E-state index is 0. The predicted octanol–water partition coefficient (Wildman–Crippen LogP) is 5.63. The molecular weight excluding hydrogens is 431 g/mol. The molecule has 2 aliphatic rings. The first-order valence-corrected chi connectivity index (χ1v) is 7.57. The van der Waals surface area contributed by atoms with Gasteiger partial charge in [0.05, 0.1) is 0 Å². The summed E-state index contributed by atoms with van der Waals surface area (Å²) < 4.78 is 0. The standard InChI is InChI=1S/C18H13.C3H7.Hf/c1-2-6-13(5-1)14-9-10-18-16(11-14)12-15-7-3-4-8-17(15)18;1-3-2;/h1-5,7-10H,6,12H2;3H,1-2H3;/q2*-1;+4. The first kappa shape index (κ1) is 17.1. The summed E-state index contributed by atoms with van der Waals surface area (Å²) in [6.45, 7) is 4.00. The second-order valence-electron chi connectivity index (χ2n) is 5.50. The number of hydrogen-bond acceptors (Lipinski definition) is 0. The Balaban J connectivity index is 0.000000411. The Morgan fingerprint density at radius 1 is 1.00 bits per heavy atom. The Morgan fingerprint density at radius 2 is 1.77 bits per heavy atom. The molecule has 0 amide bonds. The topological polar surface area (TPSA) is 0 Å². The largest absolute Gasteiger partial charge is 4.00 e. The quantitative estimate of drug-likeness (QED) is 0.333. The number of rotatable bonds is 1. The average Bonchev–Trinajstić information content (AvgIpc) is 3.15. The number of benzene rings is 2. The smallest absolute Gasteiger partial charge is 0.335 e. The molecule has 0 aromatic heterocycles. The molecule has 106 valence electrons. The van der Waals surface area contributed by atoms with E-state index in [1.54, 1.807) is 0 Å². The first-order valence-electron chi connectivity index (χ1n) is 7.57. The molecule has 1 heteroatoms. The van der Waals surface area contributed by atoms with Crippen molar-refractivity contribution in [3.63, 3.8) is 0 Å². The summed E-state index contributed by atoms with van der Waals surface area (Å²) in [7, 11) is 0. The molecule has 0 radical (unpaired) electrons. The van der Waals surface area contributed by atoms with Gasteiger partial charge in [0.25, 0.3) is 0 Å². The molecule has 0 saturated heterocycles. The van der Waals surface area contributed by atoms with Crippen molar-refractivity contribution in [2.45, 2.75) is 26.7 Å². The molecule has 0 aliphatic heterocycles. The number of hydrogen-bond donors (Lipinski definition) is 0. The Morgan fingerprint density at radius 3 is 2.50 bits per heavy atom. The van der Waals surface area contributed by atoms with Crippen LogP contribution in [0.2, 0.25) is 0 Å². The zero-order valence-corrected chi connectivity index (χ0v) is 16.8. The van der Waals surface area contributed by atoms with Crippen LogP contribution in [-0.4, -0.2) is 0 Å². The van der Waals surface area contributed by atoms with Crippen molar-refractivity contribution in [1.82, 2.24) is 0 Å². The predicted molar refractivity (Wildman–Crippen MR) is 90.9 cm³/mol. The third kappa shape index (κ3) is 3.41. The summed E-state index contributed by atoms with van der Waals surface area (Å²) >= 11 is 0. The van der Waals surface area contributed by atoms with Crippen LogP contribution in [0.15, 0.2) is 54.6 Å². The number of fused-ring (bicyclic) bond motifs is 3. The molecule has 0 nitrogen and oxygen atoms in total. The second kappa shape index (κ2) is 7.87. The van der Waals surface area contributed by atoms with E-state index in [9.17, 15) is 0 Å². The van der Waals surface area contributed by atoms with Crippen molar-refractivity contribution in [3.8, 4) is 11.1 Å². The minimum absolute atomic E-state index is 0. The van der Waals surface area contributed by atoms with Crippen molar-refractivity contribution in [2.75, 3.05) is 0 Å². The van der Waals surface area contributed by atoms with Gasteiger partial charge in [0.2, 0.25) is 0 Å². The van der Waals surface area contributed by atoms with Crippen LogP contribution in [0.25, 0.3) is 16.7 Å². The molecule has 0 N–H and O–H groups in total. The van der Waals surface area contributed by atoms with Crippen LogP contribution in [0.4, 0.5) is 0 Å². The van der Waals surface area contributed by atoms with Crippen LogP contribution in [0.1, 0.15) is 37.0 Å². The second-order valence-corrected chi connectivity index (χ2v) is 5.50. The van der Waals surface area contributed by atoms with Gasteiger partial charge >= 0.3 is 25.8 Å². The van der Waals surface area contributed by atoms with Gasteiger partial charge in [-0.25, -0.2) is 0 Å². The fraction of sp³-hybridized carbons (Fsp3) is 0.190. The van der Waals surface area contributed by atoms with Gasteiger partial charge in [-0.05, 0) is 18.4 Å². The van der Waals surface area contributed by atoms with Crippen LogP contribution in [0, 0.1) is 12.5 Å². The van der Waals surface area contributed by atoms with Crippen molar-refractivity contribution in [3.05, 3.63) is 83.8 Å². The molecule has 0 atom stereocenters. The summed E-state index contributed by atoms with van der Waals surface area (Å²) in [5.41, 5.74) is 8.16. The molecule has 2 aromatic carbocycles. The van der Waals surface area contributed by atoms with Crippen LogP contribution in [-0.2, 0) is 32.3 Å². The van der Waals surface area contributed by atoms with Gasteiger partial charge in [-0.15, -0.1) is 41.0 Å². The number of allylic oxidation sites excluding steroid dienone is 4. The zero-order valence-electron chi connectivity index (χ0n) is 13.2. The maximum Gasteiger partial charge on any atom is 4.00 e. The van der Waals surface area contributed by atoms with Crippen molar-refractivity contribution in [2.24, 2.45) is 0 Å². The Bertz CT molecular complexity index is 708. The van der Waals surface area contributed by atoms with Crippen LogP contribution in [0.5, 0.6) is 0 Å². The molecule has 0 fully saturated rings.